The summed E-state index contributed by atoms with van der Waals surface area (Å²) in [6.07, 6.45) is 8.30. The zero-order valence-electron chi connectivity index (χ0n) is 17.2. The topological polar surface area (TPSA) is 84.5 Å². The van der Waals surface area contributed by atoms with Crippen LogP contribution in [0.4, 0.5) is 4.39 Å². The highest BCUT2D eigenvalue weighted by Gasteiger charge is 2.25. The molecule has 0 spiro atoms. The van der Waals surface area contributed by atoms with Crippen molar-refractivity contribution in [2.24, 2.45) is 0 Å². The first-order valence-electron chi connectivity index (χ1n) is 10.2. The molecule has 0 radical (unpaired) electrons. The maximum absolute atomic E-state index is 14.5. The van der Waals surface area contributed by atoms with Gasteiger partial charge in [0, 0.05) is 24.0 Å². The van der Waals surface area contributed by atoms with Gasteiger partial charge in [0.2, 0.25) is 0 Å². The highest BCUT2D eigenvalue weighted by Crippen LogP contribution is 2.28. The lowest BCUT2D eigenvalue weighted by Gasteiger charge is -2.10. The summed E-state index contributed by atoms with van der Waals surface area (Å²) >= 11 is 0. The largest absolute Gasteiger partial charge is 0.389 e. The monoisotopic (exact) mass is 419 g/mol. The van der Waals surface area contributed by atoms with E-state index in [2.05, 4.69) is 15.4 Å². The molecule has 3 heterocycles. The number of amides is 1. The molecule has 0 bridgehead atoms. The molecule has 1 fully saturated rings. The Morgan fingerprint density at radius 2 is 2.06 bits per heavy atom. The molecule has 5 rings (SSSR count). The molecule has 158 valence electrons. The standard InChI is InChI=1S/C23H22FN5O2/c1-13-7-20(24)19(23(31)27-17-4-5-17)8-18(13)16-9-26-29(12-16)22-10-25-21-6-3-15(14(2)30)11-28(21)22/h3,6-12,14,17,30H,4-5H2,1-2H3,(H,27,31)/t14-/m0/s1. The molecule has 0 unspecified atom stereocenters. The Morgan fingerprint density at radius 1 is 1.26 bits per heavy atom. The third kappa shape index (κ3) is 3.59. The molecule has 8 heteroatoms. The lowest BCUT2D eigenvalue weighted by Crippen LogP contribution is -2.26. The van der Waals surface area contributed by atoms with Crippen molar-refractivity contribution >= 4 is 11.6 Å². The number of halogens is 1. The fraction of sp³-hybridized carbons (Fsp3) is 0.261. The Labute approximate surface area is 178 Å². The number of aliphatic hydroxyl groups excluding tert-OH is 1. The van der Waals surface area contributed by atoms with E-state index in [1.807, 2.05) is 35.9 Å². The van der Waals surface area contributed by atoms with Gasteiger partial charge in [-0.1, -0.05) is 6.07 Å². The van der Waals surface area contributed by atoms with Crippen molar-refractivity contribution in [3.63, 3.8) is 0 Å². The van der Waals surface area contributed by atoms with Crippen LogP contribution in [0.5, 0.6) is 0 Å². The Bertz CT molecular complexity index is 1300. The van der Waals surface area contributed by atoms with Crippen molar-refractivity contribution in [2.75, 3.05) is 0 Å². The number of carbonyl (C=O) groups is 1. The number of aromatic nitrogens is 4. The summed E-state index contributed by atoms with van der Waals surface area (Å²) in [5, 5.41) is 17.2. The molecule has 3 aromatic heterocycles. The van der Waals surface area contributed by atoms with E-state index in [-0.39, 0.29) is 17.5 Å². The molecule has 1 amide bonds. The minimum atomic E-state index is -0.602. The van der Waals surface area contributed by atoms with Crippen molar-refractivity contribution in [3.05, 3.63) is 71.6 Å². The molecule has 0 aliphatic heterocycles. The average molecular weight is 419 g/mol. The second-order valence-corrected chi connectivity index (χ2v) is 8.05. The molecule has 7 nitrogen and oxygen atoms in total. The van der Waals surface area contributed by atoms with E-state index in [1.54, 1.807) is 30.1 Å². The minimum Gasteiger partial charge on any atom is -0.389 e. The molecule has 1 aliphatic rings. The Hall–Kier alpha value is -3.52. The first-order valence-corrected chi connectivity index (χ1v) is 10.2. The molecule has 1 atom stereocenters. The Kier molecular flexibility index (Phi) is 4.59. The van der Waals surface area contributed by atoms with Gasteiger partial charge in [-0.25, -0.2) is 14.1 Å². The second-order valence-electron chi connectivity index (χ2n) is 8.05. The predicted octanol–water partition coefficient (Wildman–Crippen LogP) is 3.58. The fourth-order valence-corrected chi connectivity index (χ4v) is 3.64. The number of hydrogen-bond donors (Lipinski definition) is 2. The van der Waals surface area contributed by atoms with Crippen LogP contribution in [0, 0.1) is 12.7 Å². The van der Waals surface area contributed by atoms with Crippen LogP contribution in [-0.2, 0) is 0 Å². The van der Waals surface area contributed by atoms with Crippen molar-refractivity contribution in [2.45, 2.75) is 38.8 Å². The van der Waals surface area contributed by atoms with E-state index in [4.69, 9.17) is 0 Å². The molecule has 1 saturated carbocycles. The van der Waals surface area contributed by atoms with Gasteiger partial charge < -0.3 is 10.4 Å². The van der Waals surface area contributed by atoms with Gasteiger partial charge in [-0.05, 0) is 61.6 Å². The van der Waals surface area contributed by atoms with Crippen LogP contribution in [0.15, 0.2) is 49.1 Å². The van der Waals surface area contributed by atoms with Gasteiger partial charge in [0.15, 0.2) is 5.82 Å². The Morgan fingerprint density at radius 3 is 2.81 bits per heavy atom. The molecule has 31 heavy (non-hydrogen) atoms. The number of aryl methyl sites for hydroxylation is 1. The van der Waals surface area contributed by atoms with Gasteiger partial charge >= 0.3 is 0 Å². The molecule has 1 aliphatic carbocycles. The normalized spacial score (nSPS) is 14.7. The number of rotatable bonds is 5. The number of carbonyl (C=O) groups excluding carboxylic acids is 1. The van der Waals surface area contributed by atoms with E-state index in [0.29, 0.717) is 5.82 Å². The summed E-state index contributed by atoms with van der Waals surface area (Å²) in [5.74, 6) is -0.212. The summed E-state index contributed by atoms with van der Waals surface area (Å²) < 4.78 is 18.0. The average Bonchev–Trinajstić information content (AvgIpc) is 3.24. The molecule has 4 aromatic rings. The Balaban J connectivity index is 1.53. The zero-order chi connectivity index (χ0) is 21.7. The first-order chi connectivity index (χ1) is 14.9. The summed E-state index contributed by atoms with van der Waals surface area (Å²) in [7, 11) is 0. The third-order valence-electron chi connectivity index (χ3n) is 5.59. The van der Waals surface area contributed by atoms with Crippen LogP contribution in [0.2, 0.25) is 0 Å². The van der Waals surface area contributed by atoms with Gasteiger partial charge in [-0.15, -0.1) is 0 Å². The van der Waals surface area contributed by atoms with Gasteiger partial charge in [0.1, 0.15) is 11.5 Å². The van der Waals surface area contributed by atoms with Crippen LogP contribution in [0.1, 0.15) is 47.4 Å². The molecular formula is C23H22FN5O2. The number of nitrogens with one attached hydrogen (secondary N) is 1. The number of aliphatic hydroxyl groups is 1. The van der Waals surface area contributed by atoms with Crippen molar-refractivity contribution in [1.29, 1.82) is 0 Å². The molecule has 0 saturated heterocycles. The van der Waals surface area contributed by atoms with Crippen molar-refractivity contribution < 1.29 is 14.3 Å². The first kappa shape index (κ1) is 19.4. The molecular weight excluding hydrogens is 397 g/mol. The highest BCUT2D eigenvalue weighted by molar-refractivity contribution is 5.96. The molecule has 2 N–H and O–H groups in total. The number of pyridine rings is 1. The quantitative estimate of drug-likeness (QED) is 0.518. The van der Waals surface area contributed by atoms with Crippen molar-refractivity contribution in [1.82, 2.24) is 24.5 Å². The fourth-order valence-electron chi connectivity index (χ4n) is 3.64. The van der Waals surface area contributed by atoms with E-state index in [1.165, 1.54) is 6.07 Å². The van der Waals surface area contributed by atoms with Crippen LogP contribution >= 0.6 is 0 Å². The van der Waals surface area contributed by atoms with Crippen LogP contribution in [0.3, 0.4) is 0 Å². The SMILES string of the molecule is Cc1cc(F)c(C(=O)NC2CC2)cc1-c1cnn(-c2cnc3ccc([C@H](C)O)cn23)c1. The second kappa shape index (κ2) is 7.31. The van der Waals surface area contributed by atoms with E-state index < -0.39 is 11.9 Å². The lowest BCUT2D eigenvalue weighted by atomic mass is 9.99. The van der Waals surface area contributed by atoms with E-state index in [9.17, 15) is 14.3 Å². The van der Waals surface area contributed by atoms with Crippen LogP contribution < -0.4 is 5.32 Å². The van der Waals surface area contributed by atoms with Crippen molar-refractivity contribution in [3.8, 4) is 16.9 Å². The highest BCUT2D eigenvalue weighted by atomic mass is 19.1. The van der Waals surface area contributed by atoms with Crippen LogP contribution in [-0.4, -0.2) is 36.2 Å². The van der Waals surface area contributed by atoms with Crippen LogP contribution in [0.25, 0.3) is 22.6 Å². The number of nitrogens with zero attached hydrogens (tertiary/aromatic N) is 4. The predicted molar refractivity (Wildman–Crippen MR) is 114 cm³/mol. The van der Waals surface area contributed by atoms with Gasteiger partial charge in [-0.3, -0.25) is 9.20 Å². The summed E-state index contributed by atoms with van der Waals surface area (Å²) in [4.78, 5) is 16.8. The maximum Gasteiger partial charge on any atom is 0.254 e. The number of imidazole rings is 1. The summed E-state index contributed by atoms with van der Waals surface area (Å²) in [5.41, 5.74) is 3.76. The zero-order valence-corrected chi connectivity index (χ0v) is 17.2. The number of fused-ring (bicyclic) bond motifs is 1. The number of hydrogen-bond acceptors (Lipinski definition) is 4. The maximum atomic E-state index is 14.5. The third-order valence-corrected chi connectivity index (χ3v) is 5.59. The van der Waals surface area contributed by atoms with Gasteiger partial charge in [-0.2, -0.15) is 5.10 Å². The van der Waals surface area contributed by atoms with E-state index >= 15 is 0 Å². The summed E-state index contributed by atoms with van der Waals surface area (Å²) in [6.45, 7) is 3.51. The molecule has 1 aromatic carbocycles. The number of benzene rings is 1. The lowest BCUT2D eigenvalue weighted by molar-refractivity contribution is 0.0947. The smallest absolute Gasteiger partial charge is 0.254 e. The van der Waals surface area contributed by atoms with Gasteiger partial charge in [0.05, 0.1) is 24.1 Å². The van der Waals surface area contributed by atoms with Gasteiger partial charge in [0.25, 0.3) is 5.91 Å². The minimum absolute atomic E-state index is 0.0385. The summed E-state index contributed by atoms with van der Waals surface area (Å²) in [6, 6.07) is 6.80. The van der Waals surface area contributed by atoms with E-state index in [0.717, 1.165) is 40.7 Å².